The van der Waals surface area contributed by atoms with Crippen LogP contribution in [0.25, 0.3) is 0 Å². The van der Waals surface area contributed by atoms with Crippen molar-refractivity contribution in [3.8, 4) is 17.2 Å². The van der Waals surface area contributed by atoms with Gasteiger partial charge in [-0.3, -0.25) is 0 Å². The summed E-state index contributed by atoms with van der Waals surface area (Å²) in [5, 5.41) is 3.03. The lowest BCUT2D eigenvalue weighted by atomic mass is 10.3. The first kappa shape index (κ1) is 17.5. The van der Waals surface area contributed by atoms with Crippen molar-refractivity contribution in [1.29, 1.82) is 0 Å². The van der Waals surface area contributed by atoms with E-state index < -0.39 is 0 Å². The Hall–Kier alpha value is -2.89. The quantitative estimate of drug-likeness (QED) is 0.603. The number of methoxy groups -OCH3 is 2. The van der Waals surface area contributed by atoms with Crippen LogP contribution in [0.4, 0.5) is 5.69 Å². The molecule has 0 aliphatic carbocycles. The lowest BCUT2D eigenvalue weighted by molar-refractivity contribution is 0.229. The van der Waals surface area contributed by atoms with Crippen LogP contribution in [0.1, 0.15) is 6.92 Å². The third-order valence-electron chi connectivity index (χ3n) is 3.26. The molecule has 0 aromatic heterocycles. The molecule has 128 valence electrons. The Bertz CT molecular complexity index is 671. The lowest BCUT2D eigenvalue weighted by Gasteiger charge is -2.14. The molecule has 24 heavy (non-hydrogen) atoms. The highest BCUT2D eigenvalue weighted by Crippen LogP contribution is 2.20. The summed E-state index contributed by atoms with van der Waals surface area (Å²) in [7, 11) is 3.25. The van der Waals surface area contributed by atoms with E-state index >= 15 is 0 Å². The van der Waals surface area contributed by atoms with Crippen molar-refractivity contribution in [2.45, 2.75) is 13.0 Å². The molecular weight excluding hydrogens is 306 g/mol. The number of aliphatic imine (C=N–C) groups is 1. The van der Waals surface area contributed by atoms with Crippen molar-refractivity contribution >= 4 is 11.6 Å². The number of rotatable bonds is 7. The van der Waals surface area contributed by atoms with Crippen molar-refractivity contribution < 1.29 is 14.2 Å². The molecular formula is C18H23N3O3. The van der Waals surface area contributed by atoms with Gasteiger partial charge in [-0.2, -0.15) is 0 Å². The van der Waals surface area contributed by atoms with Crippen LogP contribution < -0.4 is 25.3 Å². The van der Waals surface area contributed by atoms with Crippen LogP contribution >= 0.6 is 0 Å². The summed E-state index contributed by atoms with van der Waals surface area (Å²) in [6, 6.07) is 14.9. The Morgan fingerprint density at radius 3 is 2.38 bits per heavy atom. The largest absolute Gasteiger partial charge is 0.497 e. The second kappa shape index (κ2) is 8.67. The average Bonchev–Trinajstić information content (AvgIpc) is 2.61. The topological polar surface area (TPSA) is 78.1 Å². The standard InChI is InChI=1S/C18H23N3O3/c1-13(24-17-6-4-5-16(11-17)23-3)12-20-18(19)21-14-7-9-15(22-2)10-8-14/h4-11,13H,12H2,1-3H3,(H3,19,20,21). The van der Waals surface area contributed by atoms with Gasteiger partial charge in [-0.1, -0.05) is 6.07 Å². The molecule has 2 aromatic carbocycles. The zero-order chi connectivity index (χ0) is 17.4. The number of hydrogen-bond donors (Lipinski definition) is 2. The molecule has 0 aliphatic rings. The summed E-state index contributed by atoms with van der Waals surface area (Å²) in [5.41, 5.74) is 6.74. The van der Waals surface area contributed by atoms with Crippen LogP contribution in [-0.4, -0.2) is 32.8 Å². The van der Waals surface area contributed by atoms with Gasteiger partial charge in [0.1, 0.15) is 23.4 Å². The van der Waals surface area contributed by atoms with Crippen LogP contribution in [0, 0.1) is 0 Å². The van der Waals surface area contributed by atoms with E-state index in [9.17, 15) is 0 Å². The fraction of sp³-hybridized carbons (Fsp3) is 0.278. The third-order valence-corrected chi connectivity index (χ3v) is 3.26. The summed E-state index contributed by atoms with van der Waals surface area (Å²) in [6.45, 7) is 2.37. The zero-order valence-electron chi connectivity index (χ0n) is 14.2. The van der Waals surface area contributed by atoms with E-state index in [4.69, 9.17) is 19.9 Å². The van der Waals surface area contributed by atoms with E-state index in [1.807, 2.05) is 55.5 Å². The molecule has 0 saturated carbocycles. The molecule has 2 aromatic rings. The first-order valence-corrected chi connectivity index (χ1v) is 7.62. The van der Waals surface area contributed by atoms with Crippen LogP contribution in [0.5, 0.6) is 17.2 Å². The van der Waals surface area contributed by atoms with Gasteiger partial charge in [0.2, 0.25) is 0 Å². The first-order valence-electron chi connectivity index (χ1n) is 7.62. The van der Waals surface area contributed by atoms with Gasteiger partial charge < -0.3 is 25.3 Å². The smallest absolute Gasteiger partial charge is 0.193 e. The zero-order valence-corrected chi connectivity index (χ0v) is 14.2. The van der Waals surface area contributed by atoms with Crippen molar-refractivity contribution in [3.63, 3.8) is 0 Å². The van der Waals surface area contributed by atoms with Gasteiger partial charge in [-0.25, -0.2) is 4.99 Å². The van der Waals surface area contributed by atoms with Crippen molar-refractivity contribution in [2.24, 2.45) is 10.7 Å². The number of ether oxygens (including phenoxy) is 3. The summed E-state index contributed by atoms with van der Waals surface area (Å²) < 4.78 is 16.1. The molecule has 1 atom stereocenters. The third kappa shape index (κ3) is 5.39. The van der Waals surface area contributed by atoms with Crippen molar-refractivity contribution in [3.05, 3.63) is 48.5 Å². The van der Waals surface area contributed by atoms with Crippen LogP contribution in [0.15, 0.2) is 53.5 Å². The number of guanidine groups is 1. The fourth-order valence-electron chi connectivity index (χ4n) is 2.03. The van der Waals surface area contributed by atoms with Crippen molar-refractivity contribution in [2.75, 3.05) is 26.1 Å². The van der Waals surface area contributed by atoms with E-state index in [1.54, 1.807) is 14.2 Å². The maximum atomic E-state index is 5.90. The minimum atomic E-state index is -0.117. The molecule has 0 heterocycles. The lowest BCUT2D eigenvalue weighted by Crippen LogP contribution is -2.25. The molecule has 6 nitrogen and oxygen atoms in total. The minimum Gasteiger partial charge on any atom is -0.497 e. The highest BCUT2D eigenvalue weighted by Gasteiger charge is 2.05. The van der Waals surface area contributed by atoms with E-state index in [0.717, 1.165) is 22.9 Å². The van der Waals surface area contributed by atoms with E-state index in [1.165, 1.54) is 0 Å². The molecule has 6 heteroatoms. The van der Waals surface area contributed by atoms with Crippen molar-refractivity contribution in [1.82, 2.24) is 0 Å². The van der Waals surface area contributed by atoms with Gasteiger partial charge in [-0.05, 0) is 43.3 Å². The maximum Gasteiger partial charge on any atom is 0.193 e. The molecule has 0 saturated heterocycles. The van der Waals surface area contributed by atoms with Crippen LogP contribution in [0.3, 0.4) is 0 Å². The maximum absolute atomic E-state index is 5.90. The predicted octanol–water partition coefficient (Wildman–Crippen LogP) is 2.90. The number of anilines is 1. The fourth-order valence-corrected chi connectivity index (χ4v) is 2.03. The molecule has 0 spiro atoms. The van der Waals surface area contributed by atoms with Gasteiger partial charge in [0.05, 0.1) is 20.8 Å². The summed E-state index contributed by atoms with van der Waals surface area (Å²) in [6.07, 6.45) is -0.117. The summed E-state index contributed by atoms with van der Waals surface area (Å²) >= 11 is 0. The first-order chi connectivity index (χ1) is 11.6. The predicted molar refractivity (Wildman–Crippen MR) is 96.2 cm³/mol. The van der Waals surface area contributed by atoms with Gasteiger partial charge in [-0.15, -0.1) is 0 Å². The Balaban J connectivity index is 1.86. The van der Waals surface area contributed by atoms with E-state index in [2.05, 4.69) is 10.3 Å². The molecule has 3 N–H and O–H groups in total. The number of nitrogens with one attached hydrogen (secondary N) is 1. The molecule has 1 unspecified atom stereocenters. The molecule has 0 radical (unpaired) electrons. The monoisotopic (exact) mass is 329 g/mol. The number of nitrogens with zero attached hydrogens (tertiary/aromatic N) is 1. The SMILES string of the molecule is COc1ccc(NC(N)=NCC(C)Oc2cccc(OC)c2)cc1. The van der Waals surface area contributed by atoms with Crippen LogP contribution in [-0.2, 0) is 0 Å². The summed E-state index contributed by atoms with van der Waals surface area (Å²) in [5.74, 6) is 2.61. The average molecular weight is 329 g/mol. The molecule has 2 rings (SSSR count). The Kier molecular flexibility index (Phi) is 6.31. The second-order valence-electron chi connectivity index (χ2n) is 5.19. The Morgan fingerprint density at radius 2 is 1.71 bits per heavy atom. The molecule has 0 bridgehead atoms. The second-order valence-corrected chi connectivity index (χ2v) is 5.19. The molecule has 0 fully saturated rings. The number of nitrogens with two attached hydrogens (primary N) is 1. The normalized spacial score (nSPS) is 12.4. The van der Waals surface area contributed by atoms with Gasteiger partial charge in [0, 0.05) is 11.8 Å². The number of hydrogen-bond acceptors (Lipinski definition) is 4. The van der Waals surface area contributed by atoms with E-state index in [0.29, 0.717) is 12.5 Å². The van der Waals surface area contributed by atoms with Gasteiger partial charge in [0.15, 0.2) is 5.96 Å². The highest BCUT2D eigenvalue weighted by atomic mass is 16.5. The number of benzene rings is 2. The molecule has 0 aliphatic heterocycles. The minimum absolute atomic E-state index is 0.117. The molecule has 0 amide bonds. The Labute approximate surface area is 142 Å². The van der Waals surface area contributed by atoms with Gasteiger partial charge >= 0.3 is 0 Å². The van der Waals surface area contributed by atoms with Crippen LogP contribution in [0.2, 0.25) is 0 Å². The summed E-state index contributed by atoms with van der Waals surface area (Å²) in [4.78, 5) is 4.30. The van der Waals surface area contributed by atoms with Gasteiger partial charge in [0.25, 0.3) is 0 Å². The Morgan fingerprint density at radius 1 is 1.04 bits per heavy atom. The highest BCUT2D eigenvalue weighted by molar-refractivity contribution is 5.92. The van der Waals surface area contributed by atoms with E-state index in [-0.39, 0.29) is 6.10 Å².